The number of nitrogens with one attached hydrogen (secondary N) is 3. The SMILES string of the molecule is CCCNC(=O)Nc1ccc2nc(-c3cn(C)c4ncccc34)c(=O)[nH]c2c1. The van der Waals surface area contributed by atoms with Crippen molar-refractivity contribution in [3.05, 3.63) is 53.1 Å². The Morgan fingerprint density at radius 3 is 2.96 bits per heavy atom. The van der Waals surface area contributed by atoms with Gasteiger partial charge >= 0.3 is 6.03 Å². The number of hydrogen-bond donors (Lipinski definition) is 3. The van der Waals surface area contributed by atoms with E-state index in [0.29, 0.717) is 29.0 Å². The normalized spacial score (nSPS) is 11.1. The van der Waals surface area contributed by atoms with E-state index in [4.69, 9.17) is 0 Å². The number of fused-ring (bicyclic) bond motifs is 2. The summed E-state index contributed by atoms with van der Waals surface area (Å²) in [4.78, 5) is 36.3. The molecule has 8 heteroatoms. The summed E-state index contributed by atoms with van der Waals surface area (Å²) in [5, 5.41) is 6.36. The fraction of sp³-hybridized carbons (Fsp3) is 0.200. The van der Waals surface area contributed by atoms with Gasteiger partial charge < -0.3 is 20.2 Å². The molecule has 0 spiro atoms. The van der Waals surface area contributed by atoms with Crippen LogP contribution in [0.2, 0.25) is 0 Å². The highest BCUT2D eigenvalue weighted by atomic mass is 16.2. The van der Waals surface area contributed by atoms with Crippen molar-refractivity contribution in [2.24, 2.45) is 7.05 Å². The number of nitrogens with zero attached hydrogens (tertiary/aromatic N) is 3. The number of anilines is 1. The molecular weight excluding hydrogens is 356 g/mol. The van der Waals surface area contributed by atoms with E-state index in [1.807, 2.05) is 36.9 Å². The summed E-state index contributed by atoms with van der Waals surface area (Å²) in [7, 11) is 1.88. The van der Waals surface area contributed by atoms with Gasteiger partial charge in [0.15, 0.2) is 0 Å². The molecule has 0 aliphatic heterocycles. The molecule has 0 radical (unpaired) electrons. The largest absolute Gasteiger partial charge is 0.338 e. The first-order valence-electron chi connectivity index (χ1n) is 9.06. The molecule has 0 saturated heterocycles. The van der Waals surface area contributed by atoms with Gasteiger partial charge in [-0.1, -0.05) is 6.92 Å². The van der Waals surface area contributed by atoms with Crippen LogP contribution in [0.3, 0.4) is 0 Å². The van der Waals surface area contributed by atoms with Crippen LogP contribution >= 0.6 is 0 Å². The van der Waals surface area contributed by atoms with Crippen molar-refractivity contribution in [3.63, 3.8) is 0 Å². The third kappa shape index (κ3) is 3.20. The first-order chi connectivity index (χ1) is 13.6. The predicted molar refractivity (Wildman–Crippen MR) is 109 cm³/mol. The van der Waals surface area contributed by atoms with Crippen LogP contribution in [0.25, 0.3) is 33.3 Å². The zero-order valence-corrected chi connectivity index (χ0v) is 15.6. The summed E-state index contributed by atoms with van der Waals surface area (Å²) in [6.45, 7) is 2.58. The number of benzene rings is 1. The lowest BCUT2D eigenvalue weighted by molar-refractivity contribution is 0.252. The van der Waals surface area contributed by atoms with Crippen LogP contribution in [0.4, 0.5) is 10.5 Å². The second-order valence-electron chi connectivity index (χ2n) is 6.56. The van der Waals surface area contributed by atoms with E-state index in [-0.39, 0.29) is 11.6 Å². The van der Waals surface area contributed by atoms with E-state index < -0.39 is 0 Å². The Hall–Kier alpha value is -3.68. The molecular formula is C20H20N6O2. The Morgan fingerprint density at radius 1 is 1.29 bits per heavy atom. The minimum atomic E-state index is -0.295. The van der Waals surface area contributed by atoms with Gasteiger partial charge in [-0.15, -0.1) is 0 Å². The van der Waals surface area contributed by atoms with Crippen molar-refractivity contribution >= 4 is 33.8 Å². The van der Waals surface area contributed by atoms with Crippen molar-refractivity contribution in [2.45, 2.75) is 13.3 Å². The van der Waals surface area contributed by atoms with Gasteiger partial charge in [0.2, 0.25) is 0 Å². The molecule has 4 aromatic rings. The molecule has 4 rings (SSSR count). The van der Waals surface area contributed by atoms with Gasteiger partial charge in [-0.25, -0.2) is 14.8 Å². The number of carbonyl (C=O) groups excluding carboxylic acids is 1. The molecule has 8 nitrogen and oxygen atoms in total. The Balaban J connectivity index is 1.74. The van der Waals surface area contributed by atoms with Crippen molar-refractivity contribution < 1.29 is 4.79 Å². The molecule has 0 atom stereocenters. The number of hydrogen-bond acceptors (Lipinski definition) is 4. The van der Waals surface area contributed by atoms with E-state index in [2.05, 4.69) is 25.6 Å². The molecule has 0 bridgehead atoms. The van der Waals surface area contributed by atoms with Crippen LogP contribution in [0, 0.1) is 0 Å². The Bertz CT molecular complexity index is 1240. The van der Waals surface area contributed by atoms with E-state index in [1.54, 1.807) is 24.4 Å². The van der Waals surface area contributed by atoms with Gasteiger partial charge in [-0.2, -0.15) is 0 Å². The average molecular weight is 376 g/mol. The lowest BCUT2D eigenvalue weighted by Gasteiger charge is -2.08. The van der Waals surface area contributed by atoms with Crippen LogP contribution in [-0.4, -0.2) is 32.1 Å². The number of amides is 2. The smallest absolute Gasteiger partial charge is 0.319 e. The summed E-state index contributed by atoms with van der Waals surface area (Å²) in [6.07, 6.45) is 4.43. The number of urea groups is 1. The summed E-state index contributed by atoms with van der Waals surface area (Å²) >= 11 is 0. The highest BCUT2D eigenvalue weighted by molar-refractivity contribution is 5.95. The molecule has 3 N–H and O–H groups in total. The van der Waals surface area contributed by atoms with Crippen LogP contribution in [-0.2, 0) is 7.05 Å². The quantitative estimate of drug-likeness (QED) is 0.509. The molecule has 3 heterocycles. The maximum absolute atomic E-state index is 12.7. The summed E-state index contributed by atoms with van der Waals surface area (Å²) in [5.41, 5.74) is 3.34. The number of H-pyrrole nitrogens is 1. The molecule has 0 unspecified atom stereocenters. The highest BCUT2D eigenvalue weighted by Gasteiger charge is 2.15. The van der Waals surface area contributed by atoms with Crippen molar-refractivity contribution in [3.8, 4) is 11.3 Å². The monoisotopic (exact) mass is 376 g/mol. The fourth-order valence-electron chi connectivity index (χ4n) is 3.16. The molecule has 0 saturated carbocycles. The van der Waals surface area contributed by atoms with Crippen molar-refractivity contribution in [1.82, 2.24) is 24.8 Å². The van der Waals surface area contributed by atoms with Gasteiger partial charge in [-0.05, 0) is 36.8 Å². The third-order valence-electron chi connectivity index (χ3n) is 4.47. The van der Waals surface area contributed by atoms with Crippen molar-refractivity contribution in [1.29, 1.82) is 0 Å². The lowest BCUT2D eigenvalue weighted by atomic mass is 10.1. The molecule has 3 aromatic heterocycles. The van der Waals surface area contributed by atoms with E-state index in [9.17, 15) is 9.59 Å². The molecule has 0 aliphatic carbocycles. The number of aryl methyl sites for hydroxylation is 1. The zero-order valence-electron chi connectivity index (χ0n) is 15.6. The summed E-state index contributed by atoms with van der Waals surface area (Å²) in [5.74, 6) is 0. The third-order valence-corrected chi connectivity index (χ3v) is 4.47. The standard InChI is InChI=1S/C20H20N6O2/c1-3-8-22-20(28)23-12-6-7-15-16(10-12)25-19(27)17(24-15)14-11-26(2)18-13(14)5-4-9-21-18/h4-7,9-11H,3,8H2,1-2H3,(H,25,27)(H2,22,23,28). The number of pyridine rings is 1. The van der Waals surface area contributed by atoms with Gasteiger partial charge in [0, 0.05) is 42.6 Å². The maximum atomic E-state index is 12.7. The maximum Gasteiger partial charge on any atom is 0.319 e. The zero-order chi connectivity index (χ0) is 19.7. The van der Waals surface area contributed by atoms with E-state index in [0.717, 1.165) is 23.0 Å². The first-order valence-corrected chi connectivity index (χ1v) is 9.06. The molecule has 28 heavy (non-hydrogen) atoms. The number of aromatic amines is 1. The fourth-order valence-corrected chi connectivity index (χ4v) is 3.16. The Morgan fingerprint density at radius 2 is 2.14 bits per heavy atom. The van der Waals surface area contributed by atoms with Gasteiger partial charge in [-0.3, -0.25) is 4.79 Å². The highest BCUT2D eigenvalue weighted by Crippen LogP contribution is 2.26. The number of rotatable bonds is 4. The van der Waals surface area contributed by atoms with Crippen LogP contribution in [0.5, 0.6) is 0 Å². The van der Waals surface area contributed by atoms with Crippen LogP contribution in [0.1, 0.15) is 13.3 Å². The molecule has 0 aliphatic rings. The van der Waals surface area contributed by atoms with Gasteiger partial charge in [0.05, 0.1) is 11.0 Å². The second-order valence-corrected chi connectivity index (χ2v) is 6.56. The molecule has 142 valence electrons. The Labute approximate surface area is 160 Å². The van der Waals surface area contributed by atoms with Crippen LogP contribution in [0.15, 0.2) is 47.5 Å². The molecule has 1 aromatic carbocycles. The average Bonchev–Trinajstić information content (AvgIpc) is 3.02. The molecule has 2 amide bonds. The lowest BCUT2D eigenvalue weighted by Crippen LogP contribution is -2.29. The van der Waals surface area contributed by atoms with Gasteiger partial charge in [0.25, 0.3) is 5.56 Å². The minimum Gasteiger partial charge on any atom is -0.338 e. The van der Waals surface area contributed by atoms with E-state index in [1.165, 1.54) is 0 Å². The topological polar surface area (TPSA) is 105 Å². The summed E-state index contributed by atoms with van der Waals surface area (Å²) in [6, 6.07) is 8.70. The predicted octanol–water partition coefficient (Wildman–Crippen LogP) is 3.01. The first kappa shape index (κ1) is 17.7. The number of carbonyl (C=O) groups is 1. The van der Waals surface area contributed by atoms with Gasteiger partial charge in [0.1, 0.15) is 11.3 Å². The number of aromatic nitrogens is 4. The second kappa shape index (κ2) is 7.15. The van der Waals surface area contributed by atoms with Crippen LogP contribution < -0.4 is 16.2 Å². The summed E-state index contributed by atoms with van der Waals surface area (Å²) < 4.78 is 1.87. The van der Waals surface area contributed by atoms with Crippen molar-refractivity contribution in [2.75, 3.05) is 11.9 Å². The van der Waals surface area contributed by atoms with E-state index >= 15 is 0 Å². The minimum absolute atomic E-state index is 0.281. The Kier molecular flexibility index (Phi) is 4.52. The molecule has 0 fully saturated rings.